The molecule has 0 radical (unpaired) electrons. The predicted molar refractivity (Wildman–Crippen MR) is 98.5 cm³/mol. The van der Waals surface area contributed by atoms with Crippen LogP contribution in [0, 0.1) is 0 Å². The van der Waals surface area contributed by atoms with Gasteiger partial charge in [0.15, 0.2) is 0 Å². The van der Waals surface area contributed by atoms with E-state index in [1.807, 2.05) is 0 Å². The zero-order valence-electron chi connectivity index (χ0n) is 14.5. The predicted octanol–water partition coefficient (Wildman–Crippen LogP) is 1.55. The first kappa shape index (κ1) is 20.0. The lowest BCUT2D eigenvalue weighted by atomic mass is 10.2. The van der Waals surface area contributed by atoms with Crippen LogP contribution >= 0.6 is 0 Å². The smallest absolute Gasteiger partial charge is 0.240 e. The lowest BCUT2D eigenvalue weighted by Gasteiger charge is -2.14. The largest absolute Gasteiger partial charge is 0.496 e. The van der Waals surface area contributed by atoms with Gasteiger partial charge >= 0.3 is 0 Å². The van der Waals surface area contributed by atoms with E-state index < -0.39 is 20.0 Å². The van der Waals surface area contributed by atoms with Crippen LogP contribution in [0.1, 0.15) is 5.56 Å². The van der Waals surface area contributed by atoms with Gasteiger partial charge in [0.05, 0.1) is 30.9 Å². The maximum absolute atomic E-state index is 12.5. The summed E-state index contributed by atoms with van der Waals surface area (Å²) < 4.78 is 62.6. The van der Waals surface area contributed by atoms with E-state index in [1.54, 1.807) is 18.2 Å². The quantitative estimate of drug-likeness (QED) is 0.696. The first-order valence-electron chi connectivity index (χ1n) is 7.43. The van der Waals surface area contributed by atoms with Gasteiger partial charge in [0, 0.05) is 12.2 Å². The van der Waals surface area contributed by atoms with E-state index in [0.29, 0.717) is 17.1 Å². The first-order valence-corrected chi connectivity index (χ1v) is 10.8. The van der Waals surface area contributed by atoms with E-state index in [0.717, 1.165) is 6.26 Å². The lowest BCUT2D eigenvalue weighted by molar-refractivity contribution is 0.384. The number of sulfonamides is 2. The van der Waals surface area contributed by atoms with Gasteiger partial charge in [-0.05, 0) is 36.4 Å². The van der Waals surface area contributed by atoms with Crippen LogP contribution in [0.25, 0.3) is 0 Å². The van der Waals surface area contributed by atoms with Gasteiger partial charge in [-0.2, -0.15) is 0 Å². The fourth-order valence-electron chi connectivity index (χ4n) is 2.27. The van der Waals surface area contributed by atoms with Gasteiger partial charge in [-0.15, -0.1) is 0 Å². The zero-order valence-corrected chi connectivity index (χ0v) is 16.1. The molecule has 0 saturated heterocycles. The standard InChI is InChI=1S/C16H20N2O6S2/c1-23-15-5-4-6-16(24-2)14(15)11-17-26(21,22)13-9-7-12(8-10-13)18-25(3,19)20/h4-10,17-18H,11H2,1-3H3. The summed E-state index contributed by atoms with van der Waals surface area (Å²) in [7, 11) is -4.26. The Morgan fingerprint density at radius 1 is 0.885 bits per heavy atom. The first-order chi connectivity index (χ1) is 12.2. The number of nitrogens with one attached hydrogen (secondary N) is 2. The minimum absolute atomic E-state index is 0.00501. The molecule has 0 heterocycles. The zero-order chi connectivity index (χ0) is 19.4. The SMILES string of the molecule is COc1cccc(OC)c1CNS(=O)(=O)c1ccc(NS(C)(=O)=O)cc1. The van der Waals surface area contributed by atoms with Gasteiger partial charge in [0.25, 0.3) is 0 Å². The van der Waals surface area contributed by atoms with Crippen LogP contribution in [-0.2, 0) is 26.6 Å². The number of rotatable bonds is 8. The highest BCUT2D eigenvalue weighted by molar-refractivity contribution is 7.92. The number of methoxy groups -OCH3 is 2. The third-order valence-electron chi connectivity index (χ3n) is 3.44. The van der Waals surface area contributed by atoms with Crippen molar-refractivity contribution in [2.24, 2.45) is 0 Å². The van der Waals surface area contributed by atoms with Gasteiger partial charge in [-0.1, -0.05) is 6.07 Å². The highest BCUT2D eigenvalue weighted by Crippen LogP contribution is 2.28. The van der Waals surface area contributed by atoms with E-state index in [4.69, 9.17) is 9.47 Å². The summed E-state index contributed by atoms with van der Waals surface area (Å²) in [5.74, 6) is 1.000. The van der Waals surface area contributed by atoms with Crippen LogP contribution in [-0.4, -0.2) is 37.3 Å². The van der Waals surface area contributed by atoms with Crippen molar-refractivity contribution >= 4 is 25.7 Å². The van der Waals surface area contributed by atoms with Gasteiger partial charge in [0.2, 0.25) is 20.0 Å². The molecule has 0 fully saturated rings. The molecule has 26 heavy (non-hydrogen) atoms. The van der Waals surface area contributed by atoms with Gasteiger partial charge in [0.1, 0.15) is 11.5 Å². The van der Waals surface area contributed by atoms with Crippen LogP contribution < -0.4 is 18.9 Å². The summed E-state index contributed by atoms with van der Waals surface area (Å²) in [6.07, 6.45) is 1.01. The number of anilines is 1. The number of ether oxygens (including phenoxy) is 2. The average molecular weight is 400 g/mol. The highest BCUT2D eigenvalue weighted by Gasteiger charge is 2.17. The van der Waals surface area contributed by atoms with Gasteiger partial charge in [-0.3, -0.25) is 4.72 Å². The Kier molecular flexibility index (Phi) is 6.11. The minimum atomic E-state index is -3.81. The Morgan fingerprint density at radius 3 is 1.88 bits per heavy atom. The van der Waals surface area contributed by atoms with Crippen LogP contribution in [0.15, 0.2) is 47.4 Å². The summed E-state index contributed by atoms with van der Waals surface area (Å²) in [6, 6.07) is 10.5. The molecular formula is C16H20N2O6S2. The van der Waals surface area contributed by atoms with Gasteiger partial charge < -0.3 is 9.47 Å². The van der Waals surface area contributed by atoms with E-state index in [2.05, 4.69) is 9.44 Å². The number of hydrogen-bond donors (Lipinski definition) is 2. The molecule has 2 aromatic rings. The fraction of sp³-hybridized carbons (Fsp3) is 0.250. The van der Waals surface area contributed by atoms with Gasteiger partial charge in [-0.25, -0.2) is 21.6 Å². The van der Waals surface area contributed by atoms with E-state index in [-0.39, 0.29) is 17.1 Å². The molecule has 0 atom stereocenters. The minimum Gasteiger partial charge on any atom is -0.496 e. The van der Waals surface area contributed by atoms with Crippen molar-refractivity contribution < 1.29 is 26.3 Å². The molecule has 0 amide bonds. The van der Waals surface area contributed by atoms with Crippen LogP contribution in [0.2, 0.25) is 0 Å². The lowest BCUT2D eigenvalue weighted by Crippen LogP contribution is -2.23. The molecule has 2 rings (SSSR count). The van der Waals surface area contributed by atoms with Crippen LogP contribution in [0.5, 0.6) is 11.5 Å². The van der Waals surface area contributed by atoms with Crippen molar-refractivity contribution in [3.63, 3.8) is 0 Å². The molecule has 0 spiro atoms. The maximum atomic E-state index is 12.5. The summed E-state index contributed by atoms with van der Waals surface area (Å²) >= 11 is 0. The fourth-order valence-corrected chi connectivity index (χ4v) is 3.83. The highest BCUT2D eigenvalue weighted by atomic mass is 32.2. The topological polar surface area (TPSA) is 111 Å². The molecule has 2 aromatic carbocycles. The van der Waals surface area contributed by atoms with Crippen molar-refractivity contribution in [1.29, 1.82) is 0 Å². The molecular weight excluding hydrogens is 380 g/mol. The van der Waals surface area contributed by atoms with Crippen molar-refractivity contribution in [2.75, 3.05) is 25.2 Å². The molecule has 8 nitrogen and oxygen atoms in total. The van der Waals surface area contributed by atoms with Crippen LogP contribution in [0.3, 0.4) is 0 Å². The van der Waals surface area contributed by atoms with Crippen molar-refractivity contribution in [1.82, 2.24) is 4.72 Å². The Morgan fingerprint density at radius 2 is 1.42 bits per heavy atom. The maximum Gasteiger partial charge on any atom is 0.240 e. The summed E-state index contributed by atoms with van der Waals surface area (Å²) in [5, 5.41) is 0. The van der Waals surface area contributed by atoms with E-state index >= 15 is 0 Å². The third-order valence-corrected chi connectivity index (χ3v) is 5.46. The molecule has 0 aliphatic rings. The van der Waals surface area contributed by atoms with E-state index in [9.17, 15) is 16.8 Å². The molecule has 142 valence electrons. The average Bonchev–Trinajstić information content (AvgIpc) is 2.58. The Bertz CT molecular complexity index is 948. The Hall–Kier alpha value is -2.30. The Labute approximate surface area is 153 Å². The molecule has 10 heteroatoms. The number of benzene rings is 2. The monoisotopic (exact) mass is 400 g/mol. The summed E-state index contributed by atoms with van der Waals surface area (Å²) in [4.78, 5) is 0.00501. The molecule has 0 aliphatic carbocycles. The second kappa shape index (κ2) is 7.94. The molecule has 0 aliphatic heterocycles. The summed E-state index contributed by atoms with van der Waals surface area (Å²) in [5.41, 5.74) is 0.842. The number of hydrogen-bond acceptors (Lipinski definition) is 6. The second-order valence-electron chi connectivity index (χ2n) is 5.36. The van der Waals surface area contributed by atoms with Crippen molar-refractivity contribution in [3.05, 3.63) is 48.0 Å². The van der Waals surface area contributed by atoms with Crippen LogP contribution in [0.4, 0.5) is 5.69 Å². The molecule has 0 aromatic heterocycles. The van der Waals surface area contributed by atoms with Crippen molar-refractivity contribution in [2.45, 2.75) is 11.4 Å². The molecule has 0 bridgehead atoms. The molecule has 2 N–H and O–H groups in total. The second-order valence-corrected chi connectivity index (χ2v) is 8.88. The van der Waals surface area contributed by atoms with E-state index in [1.165, 1.54) is 38.5 Å². The Balaban J connectivity index is 2.20. The van der Waals surface area contributed by atoms with Crippen molar-refractivity contribution in [3.8, 4) is 11.5 Å². The summed E-state index contributed by atoms with van der Waals surface area (Å²) in [6.45, 7) is -0.0289. The normalized spacial score (nSPS) is 11.8. The third kappa shape index (κ3) is 5.10. The molecule has 0 saturated carbocycles. The molecule has 0 unspecified atom stereocenters.